The number of anilines is 1. The molecule has 1 amide bonds. The molecule has 0 spiro atoms. The minimum absolute atomic E-state index is 0.0532. The molecule has 8 heteroatoms. The number of hydrogen-bond acceptors (Lipinski definition) is 5. The van der Waals surface area contributed by atoms with Gasteiger partial charge in [-0.25, -0.2) is 4.99 Å². The van der Waals surface area contributed by atoms with Crippen molar-refractivity contribution in [3.05, 3.63) is 59.9 Å². The van der Waals surface area contributed by atoms with Crippen LogP contribution >= 0.6 is 0 Å². The van der Waals surface area contributed by atoms with Crippen LogP contribution in [0, 0.1) is 5.41 Å². The van der Waals surface area contributed by atoms with Gasteiger partial charge >= 0.3 is 6.01 Å². The molecule has 5 rings (SSSR count). The van der Waals surface area contributed by atoms with Crippen molar-refractivity contribution in [2.45, 2.75) is 59.1 Å². The van der Waals surface area contributed by atoms with E-state index in [1.165, 1.54) is 0 Å². The summed E-state index contributed by atoms with van der Waals surface area (Å²) in [6.07, 6.45) is 3.64. The van der Waals surface area contributed by atoms with Crippen LogP contribution in [0.4, 0.5) is 5.69 Å². The number of imidazole rings is 1. The van der Waals surface area contributed by atoms with E-state index in [1.54, 1.807) is 4.90 Å². The monoisotopic (exact) mass is 502 g/mol. The van der Waals surface area contributed by atoms with E-state index in [0.29, 0.717) is 18.5 Å². The topological polar surface area (TPSA) is 69.0 Å². The molecule has 2 aliphatic rings. The second-order valence-corrected chi connectivity index (χ2v) is 16.8. The lowest BCUT2D eigenvalue weighted by molar-refractivity contribution is -0.123. The first-order chi connectivity index (χ1) is 17.1. The van der Waals surface area contributed by atoms with Gasteiger partial charge < -0.3 is 9.47 Å². The van der Waals surface area contributed by atoms with E-state index >= 15 is 0 Å². The molecule has 2 aromatic carbocycles. The number of carbonyl (C=O) groups is 1. The van der Waals surface area contributed by atoms with Gasteiger partial charge in [0.05, 0.1) is 22.1 Å². The van der Waals surface area contributed by atoms with Crippen LogP contribution < -0.4 is 9.64 Å². The van der Waals surface area contributed by atoms with Crippen LogP contribution in [-0.2, 0) is 16.3 Å². The molecule has 0 N–H and O–H groups in total. The zero-order valence-electron chi connectivity index (χ0n) is 21.7. The lowest BCUT2D eigenvalue weighted by Crippen LogP contribution is -2.32. The van der Waals surface area contributed by atoms with Crippen LogP contribution in [-0.4, -0.2) is 36.4 Å². The Morgan fingerprint density at radius 2 is 1.81 bits per heavy atom. The number of ether oxygens (including phenoxy) is 2. The fraction of sp³-hybridized carbons (Fsp3) is 0.393. The van der Waals surface area contributed by atoms with Gasteiger partial charge in [0.1, 0.15) is 18.3 Å². The van der Waals surface area contributed by atoms with Gasteiger partial charge in [0.25, 0.3) is 0 Å². The number of fused-ring (bicyclic) bond motifs is 1. The van der Waals surface area contributed by atoms with E-state index in [1.807, 2.05) is 73.2 Å². The Balaban J connectivity index is 1.37. The van der Waals surface area contributed by atoms with Crippen molar-refractivity contribution < 1.29 is 14.3 Å². The van der Waals surface area contributed by atoms with Gasteiger partial charge in [-0.3, -0.25) is 14.3 Å². The molecule has 0 atom stereocenters. The molecular formula is C28H34N4O3Si. The second kappa shape index (κ2) is 9.33. The Hall–Kier alpha value is -3.23. The number of nitrogens with zero attached hydrogens (tertiary/aromatic N) is 4. The predicted molar refractivity (Wildman–Crippen MR) is 146 cm³/mol. The van der Waals surface area contributed by atoms with E-state index in [9.17, 15) is 4.79 Å². The van der Waals surface area contributed by atoms with Crippen LogP contribution in [0.5, 0.6) is 11.8 Å². The molecule has 0 saturated heterocycles. The van der Waals surface area contributed by atoms with Gasteiger partial charge in [0, 0.05) is 20.9 Å². The van der Waals surface area contributed by atoms with E-state index < -0.39 is 13.5 Å². The number of aromatic nitrogens is 2. The van der Waals surface area contributed by atoms with Crippen molar-refractivity contribution in [3.8, 4) is 11.8 Å². The summed E-state index contributed by atoms with van der Waals surface area (Å²) >= 11 is 0. The van der Waals surface area contributed by atoms with Crippen molar-refractivity contribution in [2.24, 2.45) is 10.4 Å². The smallest absolute Gasteiger partial charge is 0.304 e. The molecular weight excluding hydrogens is 468 g/mol. The fourth-order valence-electron chi connectivity index (χ4n) is 4.64. The molecule has 0 radical (unpaired) electrons. The summed E-state index contributed by atoms with van der Waals surface area (Å²) in [4.78, 5) is 24.3. The minimum Gasteiger partial charge on any atom is -0.425 e. The summed E-state index contributed by atoms with van der Waals surface area (Å²) in [5.74, 6) is 1.46. The summed E-state index contributed by atoms with van der Waals surface area (Å²) in [6.45, 7) is 12.1. The number of aliphatic imine (C=N–C) groups is 1. The molecule has 0 aliphatic carbocycles. The van der Waals surface area contributed by atoms with E-state index in [0.717, 1.165) is 53.6 Å². The van der Waals surface area contributed by atoms with Crippen molar-refractivity contribution in [2.75, 3.05) is 11.5 Å². The Morgan fingerprint density at radius 3 is 2.56 bits per heavy atom. The zero-order valence-corrected chi connectivity index (χ0v) is 22.7. The average molecular weight is 503 g/mol. The SMILES string of the molecule is CC1(C)C(=O)N(c2ccc(Oc3nc4ccccc4n3COCC[Si](C)(C)C)cc2)C2=C1CCC=N2. The standard InChI is InChI=1S/C28H34N4O3Si/c1-28(2)22-9-8-16-29-25(22)32(26(28)33)20-12-14-21(15-13-20)35-27-30-23-10-6-7-11-24(23)31(27)19-34-17-18-36(3,4)5/h6-7,10-16H,8-9,17-19H2,1-5H3. The quantitative estimate of drug-likeness (QED) is 0.257. The maximum atomic E-state index is 13.3. The van der Waals surface area contributed by atoms with Crippen LogP contribution in [0.15, 0.2) is 64.9 Å². The van der Waals surface area contributed by atoms with Crippen LogP contribution in [0.3, 0.4) is 0 Å². The fourth-order valence-corrected chi connectivity index (χ4v) is 5.39. The maximum Gasteiger partial charge on any atom is 0.304 e. The highest BCUT2D eigenvalue weighted by Crippen LogP contribution is 2.46. The van der Waals surface area contributed by atoms with Crippen molar-refractivity contribution in [3.63, 3.8) is 0 Å². The summed E-state index contributed by atoms with van der Waals surface area (Å²) in [5.41, 5.74) is 3.18. The molecule has 7 nitrogen and oxygen atoms in total. The number of hydrogen-bond donors (Lipinski definition) is 0. The van der Waals surface area contributed by atoms with Crippen molar-refractivity contribution in [1.82, 2.24) is 9.55 Å². The van der Waals surface area contributed by atoms with Crippen LogP contribution in [0.2, 0.25) is 25.7 Å². The highest BCUT2D eigenvalue weighted by Gasteiger charge is 2.46. The highest BCUT2D eigenvalue weighted by atomic mass is 28.3. The number of benzene rings is 2. The number of rotatable bonds is 8. The van der Waals surface area contributed by atoms with E-state index in [-0.39, 0.29) is 5.91 Å². The van der Waals surface area contributed by atoms with Gasteiger partial charge in [-0.2, -0.15) is 4.98 Å². The third-order valence-corrected chi connectivity index (χ3v) is 8.56. The molecule has 0 unspecified atom stereocenters. The first-order valence-corrected chi connectivity index (χ1v) is 16.3. The van der Waals surface area contributed by atoms with Gasteiger partial charge in [-0.15, -0.1) is 0 Å². The molecule has 3 aromatic rings. The number of amides is 1. The van der Waals surface area contributed by atoms with Crippen molar-refractivity contribution in [1.29, 1.82) is 0 Å². The molecule has 36 heavy (non-hydrogen) atoms. The molecule has 3 heterocycles. The molecule has 0 saturated carbocycles. The zero-order chi connectivity index (χ0) is 25.5. The van der Waals surface area contributed by atoms with Gasteiger partial charge in [0.2, 0.25) is 5.91 Å². The lowest BCUT2D eigenvalue weighted by atomic mass is 9.83. The maximum absolute atomic E-state index is 13.3. The normalized spacial score (nSPS) is 17.2. The summed E-state index contributed by atoms with van der Waals surface area (Å²) in [6, 6.07) is 17.1. The molecule has 0 fully saturated rings. The largest absolute Gasteiger partial charge is 0.425 e. The highest BCUT2D eigenvalue weighted by molar-refractivity contribution is 6.76. The Kier molecular flexibility index (Phi) is 6.34. The Morgan fingerprint density at radius 1 is 1.06 bits per heavy atom. The Labute approximate surface area is 213 Å². The third-order valence-electron chi connectivity index (χ3n) is 6.85. The van der Waals surface area contributed by atoms with E-state index in [4.69, 9.17) is 14.5 Å². The van der Waals surface area contributed by atoms with Gasteiger partial charge in [-0.05, 0) is 74.7 Å². The predicted octanol–water partition coefficient (Wildman–Crippen LogP) is 6.59. The molecule has 188 valence electrons. The molecule has 0 bridgehead atoms. The first kappa shape index (κ1) is 24.5. The number of carbonyl (C=O) groups excluding carboxylic acids is 1. The van der Waals surface area contributed by atoms with Crippen molar-refractivity contribution >= 4 is 36.9 Å². The Bertz CT molecular complexity index is 1350. The first-order valence-electron chi connectivity index (χ1n) is 12.6. The van der Waals surface area contributed by atoms with Gasteiger partial charge in [0.15, 0.2) is 0 Å². The summed E-state index contributed by atoms with van der Waals surface area (Å²) in [5, 5.41) is 0. The molecule has 2 aliphatic heterocycles. The van der Waals surface area contributed by atoms with Gasteiger partial charge in [-0.1, -0.05) is 31.8 Å². The second-order valence-electron chi connectivity index (χ2n) is 11.2. The molecule has 1 aromatic heterocycles. The minimum atomic E-state index is -1.17. The lowest BCUT2D eigenvalue weighted by Gasteiger charge is -2.22. The summed E-state index contributed by atoms with van der Waals surface area (Å²) < 4.78 is 14.2. The summed E-state index contributed by atoms with van der Waals surface area (Å²) in [7, 11) is -1.17. The number of para-hydroxylation sites is 2. The average Bonchev–Trinajstić information content (AvgIpc) is 3.28. The van der Waals surface area contributed by atoms with Crippen LogP contribution in [0.1, 0.15) is 26.7 Å². The van der Waals surface area contributed by atoms with E-state index in [2.05, 4.69) is 24.6 Å². The third kappa shape index (κ3) is 4.63. The van der Waals surface area contributed by atoms with Crippen LogP contribution in [0.25, 0.3) is 11.0 Å².